The van der Waals surface area contributed by atoms with E-state index in [0.29, 0.717) is 17.1 Å². The Hall–Kier alpha value is -1.44. The van der Waals surface area contributed by atoms with Gasteiger partial charge in [-0.2, -0.15) is 11.8 Å². The number of cyclic esters (lactones) is 1. The molecule has 0 bridgehead atoms. The van der Waals surface area contributed by atoms with Crippen LogP contribution in [-0.2, 0) is 4.74 Å². The maximum atomic E-state index is 12.4. The Bertz CT molecular complexity index is 820. The van der Waals surface area contributed by atoms with E-state index in [1.807, 2.05) is 17.8 Å². The summed E-state index contributed by atoms with van der Waals surface area (Å²) in [5, 5.41) is 0. The van der Waals surface area contributed by atoms with E-state index < -0.39 is 0 Å². The monoisotopic (exact) mass is 518 g/mol. The van der Waals surface area contributed by atoms with E-state index in [1.54, 1.807) is 20.3 Å². The average Bonchev–Trinajstić information content (AvgIpc) is 3.06. The molecule has 2 fully saturated rings. The molecule has 0 aromatic heterocycles. The molecular weight excluding hydrogens is 472 g/mol. The summed E-state index contributed by atoms with van der Waals surface area (Å²) in [6, 6.07) is 4.53. The van der Waals surface area contributed by atoms with Crippen LogP contribution in [0.1, 0.15) is 92.7 Å². The van der Waals surface area contributed by atoms with Gasteiger partial charge in [-0.15, -0.1) is 0 Å². The van der Waals surface area contributed by atoms with Crippen LogP contribution in [0.3, 0.4) is 0 Å². The van der Waals surface area contributed by atoms with Gasteiger partial charge >= 0.3 is 5.97 Å². The highest BCUT2D eigenvalue weighted by atomic mass is 32.2. The zero-order valence-corrected chi connectivity index (χ0v) is 23.3. The number of hydrogen-bond acceptors (Lipinski definition) is 7. The summed E-state index contributed by atoms with van der Waals surface area (Å²) in [6.45, 7) is 6.35. The number of ether oxygens (including phenoxy) is 3. The molecule has 0 spiro atoms. The van der Waals surface area contributed by atoms with Crippen LogP contribution >= 0.6 is 11.8 Å². The minimum atomic E-state index is -0.287. The second-order valence-corrected chi connectivity index (χ2v) is 11.8. The number of carbonyl (C=O) groups is 1. The Labute approximate surface area is 222 Å². The minimum Gasteiger partial charge on any atom is -0.497 e. The molecule has 1 aromatic carbocycles. The van der Waals surface area contributed by atoms with Crippen LogP contribution in [0.4, 0.5) is 0 Å². The summed E-state index contributed by atoms with van der Waals surface area (Å²) in [7, 11) is 3.20. The fourth-order valence-corrected chi connectivity index (χ4v) is 6.98. The second kappa shape index (κ2) is 14.5. The number of nitrogens with zero attached hydrogens (tertiary/aromatic N) is 2. The fraction of sp³-hybridized carbons (Fsp3) is 0.759. The molecule has 1 aromatic rings. The van der Waals surface area contributed by atoms with Crippen molar-refractivity contribution in [1.29, 1.82) is 0 Å². The highest BCUT2D eigenvalue weighted by Crippen LogP contribution is 2.41. The second-order valence-electron chi connectivity index (χ2n) is 10.5. The van der Waals surface area contributed by atoms with Crippen molar-refractivity contribution in [2.75, 3.05) is 58.4 Å². The van der Waals surface area contributed by atoms with Gasteiger partial charge in [0.05, 0.1) is 14.2 Å². The smallest absolute Gasteiger partial charge is 0.342 e. The van der Waals surface area contributed by atoms with Crippen molar-refractivity contribution in [3.05, 3.63) is 23.3 Å². The molecule has 1 atom stereocenters. The number of rotatable bonds is 13. The topological polar surface area (TPSA) is 51.2 Å². The summed E-state index contributed by atoms with van der Waals surface area (Å²) in [5.41, 5.74) is 1.45. The number of thioether (sulfide) groups is 1. The van der Waals surface area contributed by atoms with E-state index >= 15 is 0 Å². The van der Waals surface area contributed by atoms with E-state index in [1.165, 1.54) is 103 Å². The number of methoxy groups -OCH3 is 2. The van der Waals surface area contributed by atoms with Crippen LogP contribution in [-0.4, -0.2) is 80.3 Å². The number of unbranched alkanes of at least 4 members (excludes halogenated alkanes) is 3. The van der Waals surface area contributed by atoms with Gasteiger partial charge in [-0.3, -0.25) is 4.90 Å². The molecule has 2 heterocycles. The Kier molecular flexibility index (Phi) is 11.1. The first kappa shape index (κ1) is 27.6. The van der Waals surface area contributed by atoms with Crippen molar-refractivity contribution < 1.29 is 19.0 Å². The third-order valence-electron chi connectivity index (χ3n) is 8.15. The van der Waals surface area contributed by atoms with Crippen molar-refractivity contribution in [2.45, 2.75) is 82.8 Å². The molecule has 36 heavy (non-hydrogen) atoms. The molecule has 3 aliphatic rings. The van der Waals surface area contributed by atoms with Crippen molar-refractivity contribution in [1.82, 2.24) is 9.80 Å². The van der Waals surface area contributed by atoms with Crippen LogP contribution in [0, 0.1) is 0 Å². The molecule has 202 valence electrons. The largest absolute Gasteiger partial charge is 0.497 e. The molecule has 0 radical (unpaired) electrons. The molecular formula is C29H46N2O4S. The van der Waals surface area contributed by atoms with Crippen LogP contribution < -0.4 is 9.47 Å². The lowest BCUT2D eigenvalue weighted by atomic mass is 10.0. The Morgan fingerprint density at radius 2 is 1.67 bits per heavy atom. The molecule has 1 aliphatic carbocycles. The lowest BCUT2D eigenvalue weighted by molar-refractivity contribution is 0.0379. The first-order valence-electron chi connectivity index (χ1n) is 14.2. The maximum Gasteiger partial charge on any atom is 0.342 e. The summed E-state index contributed by atoms with van der Waals surface area (Å²) in [5.74, 6) is 3.11. The van der Waals surface area contributed by atoms with E-state index in [2.05, 4.69) is 9.80 Å². The number of carbonyl (C=O) groups excluding carboxylic acids is 1. The maximum absolute atomic E-state index is 12.4. The van der Waals surface area contributed by atoms with Gasteiger partial charge in [0.25, 0.3) is 0 Å². The Morgan fingerprint density at radius 1 is 0.917 bits per heavy atom. The first-order valence-corrected chi connectivity index (χ1v) is 15.4. The van der Waals surface area contributed by atoms with Gasteiger partial charge in [0.2, 0.25) is 0 Å². The summed E-state index contributed by atoms with van der Waals surface area (Å²) >= 11 is 1.97. The number of benzene rings is 1. The third-order valence-corrected chi connectivity index (χ3v) is 9.25. The zero-order valence-electron chi connectivity index (χ0n) is 22.5. The van der Waals surface area contributed by atoms with Gasteiger partial charge in [-0.1, -0.05) is 38.5 Å². The lowest BCUT2D eigenvalue weighted by Gasteiger charge is -2.39. The molecule has 2 aliphatic heterocycles. The van der Waals surface area contributed by atoms with Gasteiger partial charge in [-0.25, -0.2) is 4.79 Å². The summed E-state index contributed by atoms with van der Waals surface area (Å²) in [6.07, 6.45) is 14.5. The molecule has 1 saturated heterocycles. The zero-order chi connectivity index (χ0) is 25.2. The van der Waals surface area contributed by atoms with E-state index in [9.17, 15) is 4.79 Å². The average molecular weight is 519 g/mol. The van der Waals surface area contributed by atoms with Crippen LogP contribution in [0.2, 0.25) is 0 Å². The number of piperazine rings is 1. The Morgan fingerprint density at radius 3 is 2.39 bits per heavy atom. The number of hydrogen-bond donors (Lipinski definition) is 0. The normalized spacial score (nSPS) is 21.7. The molecule has 6 nitrogen and oxygen atoms in total. The van der Waals surface area contributed by atoms with Crippen molar-refractivity contribution in [2.24, 2.45) is 0 Å². The Balaban J connectivity index is 1.04. The molecule has 1 saturated carbocycles. The molecule has 0 N–H and O–H groups in total. The molecule has 1 unspecified atom stereocenters. The lowest BCUT2D eigenvalue weighted by Crippen LogP contribution is -2.50. The molecule has 0 amide bonds. The fourth-order valence-electron chi connectivity index (χ4n) is 5.99. The van der Waals surface area contributed by atoms with Gasteiger partial charge in [-0.05, 0) is 56.2 Å². The van der Waals surface area contributed by atoms with Gasteiger partial charge in [0.15, 0.2) is 0 Å². The van der Waals surface area contributed by atoms with E-state index in [4.69, 9.17) is 14.2 Å². The standard InChI is InChI=1S/C29H46N2O4S/c1-33-24-21-25-26(35-29(32)28(25)27(22-24)34-2)13-20-36-19-10-6-5-9-14-30-15-17-31(18-16-30)23-11-7-3-4-8-12-23/h21-23,26H,3-20H2,1-2H3. The molecule has 4 rings (SSSR count). The highest BCUT2D eigenvalue weighted by Gasteiger charge is 2.34. The highest BCUT2D eigenvalue weighted by molar-refractivity contribution is 7.99. The predicted octanol–water partition coefficient (Wildman–Crippen LogP) is 5.94. The van der Waals surface area contributed by atoms with Crippen molar-refractivity contribution in [3.63, 3.8) is 0 Å². The third kappa shape index (κ3) is 7.55. The molecule has 7 heteroatoms. The van der Waals surface area contributed by atoms with Crippen molar-refractivity contribution >= 4 is 17.7 Å². The van der Waals surface area contributed by atoms with Gasteiger partial charge in [0, 0.05) is 43.9 Å². The van der Waals surface area contributed by atoms with Gasteiger partial charge in [0.1, 0.15) is 23.2 Å². The number of fused-ring (bicyclic) bond motifs is 1. The summed E-state index contributed by atoms with van der Waals surface area (Å²) in [4.78, 5) is 17.8. The van der Waals surface area contributed by atoms with E-state index in [-0.39, 0.29) is 12.1 Å². The van der Waals surface area contributed by atoms with Crippen molar-refractivity contribution in [3.8, 4) is 11.5 Å². The summed E-state index contributed by atoms with van der Waals surface area (Å²) < 4.78 is 16.4. The minimum absolute atomic E-state index is 0.202. The quantitative estimate of drug-likeness (QED) is 0.182. The SMILES string of the molecule is COc1cc(OC)c2c(c1)C(CCSCCCCCCN1CCN(C3CCCCCC3)CC1)OC2=O. The van der Waals surface area contributed by atoms with Crippen LogP contribution in [0.15, 0.2) is 12.1 Å². The van der Waals surface area contributed by atoms with Crippen LogP contribution in [0.5, 0.6) is 11.5 Å². The van der Waals surface area contributed by atoms with Crippen LogP contribution in [0.25, 0.3) is 0 Å². The van der Waals surface area contributed by atoms with E-state index in [0.717, 1.165) is 23.8 Å². The van der Waals surface area contributed by atoms with Gasteiger partial charge < -0.3 is 19.1 Å². The first-order chi connectivity index (χ1) is 17.7. The predicted molar refractivity (Wildman–Crippen MR) is 148 cm³/mol. The number of esters is 1.